The second kappa shape index (κ2) is 7.31. The Hall–Kier alpha value is -2.40. The Bertz CT molecular complexity index is 1100. The second-order valence-corrected chi connectivity index (χ2v) is 8.37. The lowest BCUT2D eigenvalue weighted by molar-refractivity contribution is 0.492. The summed E-state index contributed by atoms with van der Waals surface area (Å²) in [7, 11) is 0. The third kappa shape index (κ3) is 3.44. The van der Waals surface area contributed by atoms with E-state index < -0.39 is 0 Å². The van der Waals surface area contributed by atoms with Gasteiger partial charge >= 0.3 is 0 Å². The van der Waals surface area contributed by atoms with Gasteiger partial charge in [0.1, 0.15) is 4.70 Å². The zero-order valence-electron chi connectivity index (χ0n) is 14.6. The number of aromatic nitrogens is 2. The number of nitrogens with zero attached hydrogens (tertiary/aromatic N) is 4. The van der Waals surface area contributed by atoms with Gasteiger partial charge in [0.2, 0.25) is 5.95 Å². The van der Waals surface area contributed by atoms with Crippen molar-refractivity contribution < 1.29 is 0 Å². The number of rotatable bonds is 3. The van der Waals surface area contributed by atoms with Crippen LogP contribution in [0.5, 0.6) is 0 Å². The van der Waals surface area contributed by atoms with Gasteiger partial charge in [0.05, 0.1) is 28.0 Å². The molecule has 2 aromatic heterocycles. The molecule has 0 spiro atoms. The van der Waals surface area contributed by atoms with Gasteiger partial charge in [-0.05, 0) is 30.5 Å². The molecular weight excluding hydrogens is 382 g/mol. The summed E-state index contributed by atoms with van der Waals surface area (Å²) in [5, 5.41) is 9.40. The van der Waals surface area contributed by atoms with E-state index in [9.17, 15) is 10.1 Å². The molecular formula is C19H18ClN5OS. The van der Waals surface area contributed by atoms with E-state index in [2.05, 4.69) is 11.0 Å². The van der Waals surface area contributed by atoms with Gasteiger partial charge in [-0.2, -0.15) is 5.26 Å². The predicted molar refractivity (Wildman–Crippen MR) is 109 cm³/mol. The molecule has 2 N–H and O–H groups in total. The number of fused-ring (bicyclic) bond motifs is 1. The van der Waals surface area contributed by atoms with E-state index in [1.165, 1.54) is 11.3 Å². The highest BCUT2D eigenvalue weighted by molar-refractivity contribution is 7.22. The van der Waals surface area contributed by atoms with Crippen molar-refractivity contribution in [1.29, 1.82) is 5.26 Å². The van der Waals surface area contributed by atoms with Crippen LogP contribution in [-0.4, -0.2) is 28.7 Å². The van der Waals surface area contributed by atoms with Crippen LogP contribution < -0.4 is 16.2 Å². The molecule has 27 heavy (non-hydrogen) atoms. The molecule has 1 atom stereocenters. The maximum Gasteiger partial charge on any atom is 0.273 e. The first kappa shape index (κ1) is 18.0. The molecule has 1 aliphatic heterocycles. The highest BCUT2D eigenvalue weighted by Gasteiger charge is 2.23. The van der Waals surface area contributed by atoms with Crippen LogP contribution in [0.2, 0.25) is 4.34 Å². The van der Waals surface area contributed by atoms with Crippen LogP contribution in [0.4, 0.5) is 5.95 Å². The fourth-order valence-corrected chi connectivity index (χ4v) is 4.59. The van der Waals surface area contributed by atoms with Crippen LogP contribution in [-0.2, 0) is 6.54 Å². The molecule has 0 bridgehead atoms. The largest absolute Gasteiger partial charge is 0.341 e. The van der Waals surface area contributed by atoms with Crippen molar-refractivity contribution >= 4 is 39.1 Å². The highest BCUT2D eigenvalue weighted by atomic mass is 35.5. The molecule has 3 heterocycles. The molecule has 138 valence electrons. The van der Waals surface area contributed by atoms with Gasteiger partial charge < -0.3 is 10.6 Å². The summed E-state index contributed by atoms with van der Waals surface area (Å²) in [5.41, 5.74) is 7.95. The number of benzene rings is 1. The zero-order valence-corrected chi connectivity index (χ0v) is 16.1. The fraction of sp³-hybridized carbons (Fsp3) is 0.316. The number of nitriles is 1. The van der Waals surface area contributed by atoms with Crippen LogP contribution in [0.3, 0.4) is 0 Å². The first-order valence-electron chi connectivity index (χ1n) is 8.75. The summed E-state index contributed by atoms with van der Waals surface area (Å²) >= 11 is 7.36. The van der Waals surface area contributed by atoms with E-state index in [0.29, 0.717) is 32.6 Å². The summed E-state index contributed by atoms with van der Waals surface area (Å²) in [6.45, 7) is 1.72. The molecule has 0 unspecified atom stereocenters. The Labute approximate surface area is 165 Å². The molecule has 4 rings (SSSR count). The third-order valence-electron chi connectivity index (χ3n) is 4.79. The molecule has 8 heteroatoms. The second-order valence-electron chi connectivity index (χ2n) is 6.69. The van der Waals surface area contributed by atoms with Gasteiger partial charge in [-0.15, -0.1) is 11.3 Å². The topological polar surface area (TPSA) is 87.9 Å². The van der Waals surface area contributed by atoms with Crippen molar-refractivity contribution in [3.8, 4) is 6.07 Å². The van der Waals surface area contributed by atoms with Crippen molar-refractivity contribution in [1.82, 2.24) is 9.55 Å². The summed E-state index contributed by atoms with van der Waals surface area (Å²) in [6.07, 6.45) is 1.92. The molecule has 0 saturated carbocycles. The zero-order chi connectivity index (χ0) is 19.0. The SMILES string of the molecule is N#Cc1ccccc1Cn1c(N2CCC[C@H](N)C2)nc2cc(Cl)sc2c1=O. The summed E-state index contributed by atoms with van der Waals surface area (Å²) < 4.78 is 2.70. The Morgan fingerprint density at radius 2 is 2.22 bits per heavy atom. The minimum absolute atomic E-state index is 0.0530. The van der Waals surface area contributed by atoms with Gasteiger partial charge in [0.15, 0.2) is 0 Å². The highest BCUT2D eigenvalue weighted by Crippen LogP contribution is 2.28. The molecule has 0 aliphatic carbocycles. The molecule has 1 aliphatic rings. The van der Waals surface area contributed by atoms with E-state index in [1.54, 1.807) is 16.7 Å². The fourth-order valence-electron chi connectivity index (χ4n) is 3.48. The summed E-state index contributed by atoms with van der Waals surface area (Å²) in [6, 6.07) is 11.3. The van der Waals surface area contributed by atoms with Crippen molar-refractivity contribution in [2.24, 2.45) is 5.73 Å². The molecule has 6 nitrogen and oxygen atoms in total. The lowest BCUT2D eigenvalue weighted by Gasteiger charge is -2.33. The number of hydrogen-bond donors (Lipinski definition) is 1. The number of halogens is 1. The van der Waals surface area contributed by atoms with Crippen molar-refractivity contribution in [2.75, 3.05) is 18.0 Å². The maximum atomic E-state index is 13.2. The third-order valence-corrected chi connectivity index (χ3v) is 6.03. The Balaban J connectivity index is 1.88. The Morgan fingerprint density at radius 3 is 3.00 bits per heavy atom. The van der Waals surface area contributed by atoms with Crippen LogP contribution >= 0.6 is 22.9 Å². The minimum atomic E-state index is -0.140. The van der Waals surface area contributed by atoms with Gasteiger partial charge in [0, 0.05) is 19.1 Å². The average Bonchev–Trinajstić information content (AvgIpc) is 3.05. The van der Waals surface area contributed by atoms with E-state index in [-0.39, 0.29) is 18.1 Å². The maximum absolute atomic E-state index is 13.2. The van der Waals surface area contributed by atoms with Crippen molar-refractivity contribution in [2.45, 2.75) is 25.4 Å². The lowest BCUT2D eigenvalue weighted by atomic mass is 10.1. The molecule has 1 fully saturated rings. The Morgan fingerprint density at radius 1 is 1.41 bits per heavy atom. The first-order valence-corrected chi connectivity index (χ1v) is 9.94. The Kier molecular flexibility index (Phi) is 4.87. The van der Waals surface area contributed by atoms with Crippen LogP contribution in [0.1, 0.15) is 24.0 Å². The minimum Gasteiger partial charge on any atom is -0.341 e. The monoisotopic (exact) mass is 399 g/mol. The standard InChI is InChI=1S/C19H18ClN5OS/c20-16-8-15-17(27-16)18(26)25(10-13-5-2-1-4-12(13)9-21)19(23-15)24-7-3-6-14(22)11-24/h1-2,4-5,8,14H,3,6-7,10-11,22H2/t14-/m0/s1. The first-order chi connectivity index (χ1) is 13.1. The lowest BCUT2D eigenvalue weighted by Crippen LogP contribution is -2.45. The van der Waals surface area contributed by atoms with Crippen LogP contribution in [0.15, 0.2) is 35.1 Å². The van der Waals surface area contributed by atoms with E-state index >= 15 is 0 Å². The number of piperidine rings is 1. The number of nitrogens with two attached hydrogens (primary N) is 1. The number of thiophene rings is 1. The summed E-state index contributed by atoms with van der Waals surface area (Å²) in [4.78, 5) is 20.0. The molecule has 0 radical (unpaired) electrons. The molecule has 3 aromatic rings. The van der Waals surface area contributed by atoms with Gasteiger partial charge in [-0.1, -0.05) is 29.8 Å². The van der Waals surface area contributed by atoms with Crippen LogP contribution in [0.25, 0.3) is 10.2 Å². The summed E-state index contributed by atoms with van der Waals surface area (Å²) in [5.74, 6) is 0.588. The molecule has 0 amide bonds. The quantitative estimate of drug-likeness (QED) is 0.731. The smallest absolute Gasteiger partial charge is 0.273 e. The molecule has 1 saturated heterocycles. The average molecular weight is 400 g/mol. The van der Waals surface area contributed by atoms with Gasteiger partial charge in [-0.3, -0.25) is 9.36 Å². The van der Waals surface area contributed by atoms with Crippen molar-refractivity contribution in [3.63, 3.8) is 0 Å². The molecule has 1 aromatic carbocycles. The van der Waals surface area contributed by atoms with E-state index in [4.69, 9.17) is 22.3 Å². The number of anilines is 1. The number of hydrogen-bond acceptors (Lipinski definition) is 6. The predicted octanol–water partition coefficient (Wildman–Crippen LogP) is 2.96. The van der Waals surface area contributed by atoms with E-state index in [0.717, 1.165) is 24.9 Å². The van der Waals surface area contributed by atoms with Gasteiger partial charge in [-0.25, -0.2) is 4.98 Å². The normalized spacial score (nSPS) is 17.2. The van der Waals surface area contributed by atoms with Crippen LogP contribution in [0, 0.1) is 11.3 Å². The van der Waals surface area contributed by atoms with E-state index in [1.807, 2.05) is 18.2 Å². The van der Waals surface area contributed by atoms with Crippen molar-refractivity contribution in [3.05, 3.63) is 56.1 Å². The van der Waals surface area contributed by atoms with Gasteiger partial charge in [0.25, 0.3) is 5.56 Å².